The summed E-state index contributed by atoms with van der Waals surface area (Å²) in [6.07, 6.45) is 0. The topological polar surface area (TPSA) is 30.5 Å². The van der Waals surface area contributed by atoms with Gasteiger partial charge in [0, 0.05) is 28.1 Å². The number of nitrogens with one attached hydrogen (secondary N) is 1. The van der Waals surface area contributed by atoms with Crippen LogP contribution < -0.4 is 14.8 Å². The number of thiophene rings is 1. The molecule has 1 aromatic carbocycles. The fraction of sp³-hybridized carbons (Fsp3) is 0.286. The van der Waals surface area contributed by atoms with Crippen LogP contribution in [0.2, 0.25) is 9.36 Å². The first kappa shape index (κ1) is 15.4. The molecule has 1 aromatic heterocycles. The molecule has 3 nitrogen and oxygen atoms in total. The lowest BCUT2D eigenvalue weighted by Crippen LogP contribution is -2.08. The second-order valence-corrected chi connectivity index (χ2v) is 6.36. The van der Waals surface area contributed by atoms with E-state index in [0.29, 0.717) is 29.7 Å². The maximum atomic E-state index is 6.08. The molecule has 0 saturated carbocycles. The molecule has 2 aromatic rings. The number of ether oxygens (including phenoxy) is 2. The van der Waals surface area contributed by atoms with Gasteiger partial charge >= 0.3 is 0 Å². The quantitative estimate of drug-likeness (QED) is 0.852. The summed E-state index contributed by atoms with van der Waals surface area (Å²) in [6.45, 7) is 1.10. The van der Waals surface area contributed by atoms with Crippen LogP contribution in [0, 0.1) is 0 Å². The predicted octanol–water partition coefficient (Wildman–Crippen LogP) is 4.36. The molecular formula is C14H15Cl2NO2S. The molecule has 1 heterocycles. The summed E-state index contributed by atoms with van der Waals surface area (Å²) in [5.41, 5.74) is 0.958. The van der Waals surface area contributed by atoms with Crippen molar-refractivity contribution >= 4 is 34.5 Å². The molecule has 0 fully saturated rings. The predicted molar refractivity (Wildman–Crippen MR) is 84.4 cm³/mol. The number of rotatable bonds is 6. The summed E-state index contributed by atoms with van der Waals surface area (Å²) in [5.74, 6) is 1.33. The van der Waals surface area contributed by atoms with E-state index >= 15 is 0 Å². The Balaban J connectivity index is 2.23. The van der Waals surface area contributed by atoms with Crippen molar-refractivity contribution in [1.29, 1.82) is 0 Å². The highest BCUT2D eigenvalue weighted by molar-refractivity contribution is 7.16. The van der Waals surface area contributed by atoms with Crippen molar-refractivity contribution in [2.45, 2.75) is 13.2 Å². The molecule has 1 N–H and O–H groups in total. The van der Waals surface area contributed by atoms with Crippen LogP contribution in [0.3, 0.4) is 0 Å². The van der Waals surface area contributed by atoms with Gasteiger partial charge in [-0.15, -0.1) is 11.3 Å². The van der Waals surface area contributed by atoms with Crippen molar-refractivity contribution in [1.82, 2.24) is 5.32 Å². The lowest BCUT2D eigenvalue weighted by Gasteiger charge is -2.15. The zero-order valence-corrected chi connectivity index (χ0v) is 13.5. The number of hydrogen-bond acceptors (Lipinski definition) is 4. The Morgan fingerprint density at radius 1 is 1.25 bits per heavy atom. The molecule has 0 atom stereocenters. The Morgan fingerprint density at radius 2 is 2.05 bits per heavy atom. The molecular weight excluding hydrogens is 317 g/mol. The largest absolute Gasteiger partial charge is 0.493 e. The first-order valence-electron chi connectivity index (χ1n) is 6.02. The summed E-state index contributed by atoms with van der Waals surface area (Å²) >= 11 is 13.5. The third-order valence-electron chi connectivity index (χ3n) is 2.67. The third kappa shape index (κ3) is 3.79. The lowest BCUT2D eigenvalue weighted by atomic mass is 10.2. The van der Waals surface area contributed by atoms with Gasteiger partial charge in [0.15, 0.2) is 11.5 Å². The van der Waals surface area contributed by atoms with Gasteiger partial charge in [0.25, 0.3) is 0 Å². The van der Waals surface area contributed by atoms with E-state index in [0.717, 1.165) is 14.8 Å². The second kappa shape index (κ2) is 7.18. The molecule has 0 bridgehead atoms. The van der Waals surface area contributed by atoms with Crippen LogP contribution in [0.4, 0.5) is 0 Å². The normalized spacial score (nSPS) is 10.6. The number of methoxy groups -OCH3 is 1. The molecule has 108 valence electrons. The molecule has 0 spiro atoms. The Bertz CT molecular complexity index is 587. The molecule has 20 heavy (non-hydrogen) atoms. The van der Waals surface area contributed by atoms with E-state index in [2.05, 4.69) is 5.32 Å². The van der Waals surface area contributed by atoms with E-state index in [1.807, 2.05) is 25.2 Å². The highest BCUT2D eigenvalue weighted by Gasteiger charge is 2.13. The van der Waals surface area contributed by atoms with Gasteiger partial charge in [-0.25, -0.2) is 0 Å². The minimum absolute atomic E-state index is 0.450. The van der Waals surface area contributed by atoms with E-state index in [4.69, 9.17) is 32.7 Å². The summed E-state index contributed by atoms with van der Waals surface area (Å²) in [4.78, 5) is 1.06. The first-order valence-corrected chi connectivity index (χ1v) is 7.59. The van der Waals surface area contributed by atoms with Crippen LogP contribution >= 0.6 is 34.5 Å². The smallest absolute Gasteiger partial charge is 0.166 e. The average molecular weight is 332 g/mol. The molecule has 0 radical (unpaired) electrons. The third-order valence-corrected chi connectivity index (χ3v) is 4.09. The number of hydrogen-bond donors (Lipinski definition) is 1. The highest BCUT2D eigenvalue weighted by atomic mass is 35.5. The second-order valence-electron chi connectivity index (χ2n) is 4.12. The van der Waals surface area contributed by atoms with Gasteiger partial charge in [-0.3, -0.25) is 0 Å². The summed E-state index contributed by atoms with van der Waals surface area (Å²) in [5, 5.41) is 3.72. The first-order chi connectivity index (χ1) is 9.63. The van der Waals surface area contributed by atoms with Crippen LogP contribution in [-0.2, 0) is 13.2 Å². The molecule has 0 amide bonds. The summed E-state index contributed by atoms with van der Waals surface area (Å²) < 4.78 is 12.0. The maximum Gasteiger partial charge on any atom is 0.166 e. The van der Waals surface area contributed by atoms with Gasteiger partial charge in [0.05, 0.1) is 11.4 Å². The molecule has 0 aliphatic rings. The molecule has 0 aliphatic carbocycles. The van der Waals surface area contributed by atoms with Crippen LogP contribution in [0.15, 0.2) is 24.3 Å². The Labute approximate surface area is 132 Å². The zero-order chi connectivity index (χ0) is 14.5. The fourth-order valence-corrected chi connectivity index (χ4v) is 3.06. The van der Waals surface area contributed by atoms with Crippen molar-refractivity contribution in [2.75, 3.05) is 14.2 Å². The monoisotopic (exact) mass is 331 g/mol. The van der Waals surface area contributed by atoms with Crippen LogP contribution in [0.25, 0.3) is 0 Å². The molecule has 0 saturated heterocycles. The zero-order valence-electron chi connectivity index (χ0n) is 11.2. The Morgan fingerprint density at radius 3 is 2.65 bits per heavy atom. The minimum Gasteiger partial charge on any atom is -0.493 e. The van der Waals surface area contributed by atoms with Crippen molar-refractivity contribution in [2.24, 2.45) is 0 Å². The van der Waals surface area contributed by atoms with Gasteiger partial charge < -0.3 is 14.8 Å². The van der Waals surface area contributed by atoms with E-state index < -0.39 is 0 Å². The highest BCUT2D eigenvalue weighted by Crippen LogP contribution is 2.35. The maximum absolute atomic E-state index is 6.08. The fourth-order valence-electron chi connectivity index (χ4n) is 1.83. The molecule has 0 unspecified atom stereocenters. The van der Waals surface area contributed by atoms with Crippen LogP contribution in [-0.4, -0.2) is 14.2 Å². The van der Waals surface area contributed by atoms with E-state index in [-0.39, 0.29) is 0 Å². The van der Waals surface area contributed by atoms with E-state index in [1.54, 1.807) is 13.2 Å². The Kier molecular flexibility index (Phi) is 5.54. The lowest BCUT2D eigenvalue weighted by molar-refractivity contribution is 0.283. The van der Waals surface area contributed by atoms with Gasteiger partial charge in [-0.2, -0.15) is 0 Å². The van der Waals surface area contributed by atoms with Gasteiger partial charge in [0.1, 0.15) is 6.61 Å². The van der Waals surface area contributed by atoms with Crippen LogP contribution in [0.1, 0.15) is 10.4 Å². The molecule has 0 aliphatic heterocycles. The van der Waals surface area contributed by atoms with Gasteiger partial charge in [0.2, 0.25) is 0 Å². The minimum atomic E-state index is 0.450. The van der Waals surface area contributed by atoms with Crippen molar-refractivity contribution in [3.05, 3.63) is 44.1 Å². The van der Waals surface area contributed by atoms with Gasteiger partial charge in [-0.05, 0) is 25.2 Å². The number of benzene rings is 1. The van der Waals surface area contributed by atoms with E-state index in [1.165, 1.54) is 11.3 Å². The van der Waals surface area contributed by atoms with Crippen molar-refractivity contribution in [3.8, 4) is 11.5 Å². The summed E-state index contributed by atoms with van der Waals surface area (Å²) in [6, 6.07) is 7.43. The van der Waals surface area contributed by atoms with Crippen molar-refractivity contribution in [3.63, 3.8) is 0 Å². The summed E-state index contributed by atoms with van der Waals surface area (Å²) in [7, 11) is 3.47. The average Bonchev–Trinajstić information content (AvgIpc) is 2.83. The van der Waals surface area contributed by atoms with Crippen LogP contribution in [0.5, 0.6) is 11.5 Å². The number of halogens is 2. The standard InChI is InChI=1S/C14H15Cl2NO2S/c1-17-7-9-5-10(15)6-12(18-2)14(9)19-8-11-3-4-13(16)20-11/h3-6,17H,7-8H2,1-2H3. The van der Waals surface area contributed by atoms with Gasteiger partial charge in [-0.1, -0.05) is 23.2 Å². The van der Waals surface area contributed by atoms with E-state index in [9.17, 15) is 0 Å². The molecule has 2 rings (SSSR count). The molecule has 6 heteroatoms. The SMILES string of the molecule is CNCc1cc(Cl)cc(OC)c1OCc1ccc(Cl)s1. The van der Waals surface area contributed by atoms with Crippen molar-refractivity contribution < 1.29 is 9.47 Å². The Hall–Kier alpha value is -0.940.